The van der Waals surface area contributed by atoms with Crippen LogP contribution in [-0.2, 0) is 10.0 Å². The molecule has 1 saturated carbocycles. The lowest BCUT2D eigenvalue weighted by Gasteiger charge is -2.04. The van der Waals surface area contributed by atoms with Crippen molar-refractivity contribution in [2.75, 3.05) is 0 Å². The predicted octanol–water partition coefficient (Wildman–Crippen LogP) is 3.52. The molecule has 5 nitrogen and oxygen atoms in total. The summed E-state index contributed by atoms with van der Waals surface area (Å²) in [6.07, 6.45) is 0. The summed E-state index contributed by atoms with van der Waals surface area (Å²) in [4.78, 5) is 4.58. The van der Waals surface area contributed by atoms with Crippen molar-refractivity contribution >= 4 is 21.1 Å². The minimum absolute atomic E-state index is 0.0447. The fourth-order valence-electron chi connectivity index (χ4n) is 3.63. The van der Waals surface area contributed by atoms with Gasteiger partial charge in [0.1, 0.15) is 11.3 Å². The lowest BCUT2D eigenvalue weighted by atomic mass is 10.0. The van der Waals surface area contributed by atoms with Gasteiger partial charge in [0.2, 0.25) is 10.0 Å². The Labute approximate surface area is 144 Å². The molecule has 2 aromatic carbocycles. The summed E-state index contributed by atoms with van der Waals surface area (Å²) in [5, 5.41) is 5.14. The molecule has 0 radical (unpaired) electrons. The van der Waals surface area contributed by atoms with Gasteiger partial charge in [-0.2, -0.15) is 0 Å². The van der Waals surface area contributed by atoms with Crippen LogP contribution in [0.2, 0.25) is 0 Å². The molecule has 2 unspecified atom stereocenters. The molecule has 3 aromatic rings. The molecule has 0 spiro atoms. The maximum absolute atomic E-state index is 13.3. The van der Waals surface area contributed by atoms with Crippen LogP contribution in [0.5, 0.6) is 0 Å². The number of aromatic nitrogens is 1. The molecule has 130 valence electrons. The number of nitrogens with two attached hydrogens (primary N) is 1. The molecule has 1 aliphatic rings. The highest BCUT2D eigenvalue weighted by molar-refractivity contribution is 7.89. The molecule has 0 saturated heterocycles. The largest absolute Gasteiger partial charge is 0.440 e. The summed E-state index contributed by atoms with van der Waals surface area (Å²) in [7, 11) is -3.71. The minimum atomic E-state index is -3.71. The zero-order valence-electron chi connectivity index (χ0n) is 13.7. The molecule has 0 bridgehead atoms. The van der Waals surface area contributed by atoms with E-state index in [9.17, 15) is 12.8 Å². The first-order valence-electron chi connectivity index (χ1n) is 7.87. The van der Waals surface area contributed by atoms with Gasteiger partial charge in [-0.1, -0.05) is 26.0 Å². The molecule has 2 N–H and O–H groups in total. The van der Waals surface area contributed by atoms with Crippen molar-refractivity contribution in [3.05, 3.63) is 59.7 Å². The second kappa shape index (κ2) is 5.12. The van der Waals surface area contributed by atoms with Crippen molar-refractivity contribution in [3.8, 4) is 0 Å². The Morgan fingerprint density at radius 1 is 1.12 bits per heavy atom. The second-order valence-electron chi connectivity index (χ2n) is 7.05. The van der Waals surface area contributed by atoms with Gasteiger partial charge < -0.3 is 4.42 Å². The Hall–Kier alpha value is -2.25. The number of rotatable bonds is 3. The van der Waals surface area contributed by atoms with Gasteiger partial charge in [-0.15, -0.1) is 0 Å². The van der Waals surface area contributed by atoms with Gasteiger partial charge in [-0.25, -0.2) is 22.9 Å². The number of sulfonamides is 1. The summed E-state index contributed by atoms with van der Waals surface area (Å²) >= 11 is 0. The van der Waals surface area contributed by atoms with Crippen LogP contribution in [0.15, 0.2) is 51.8 Å². The minimum Gasteiger partial charge on any atom is -0.440 e. The van der Waals surface area contributed by atoms with E-state index in [1.54, 1.807) is 18.2 Å². The summed E-state index contributed by atoms with van der Waals surface area (Å²) in [6.45, 7) is 4.21. The highest BCUT2D eigenvalue weighted by Gasteiger charge is 2.61. The fraction of sp³-hybridized carbons (Fsp3) is 0.278. The van der Waals surface area contributed by atoms with E-state index in [1.165, 1.54) is 24.3 Å². The van der Waals surface area contributed by atoms with Gasteiger partial charge in [0, 0.05) is 17.9 Å². The lowest BCUT2D eigenvalue weighted by Crippen LogP contribution is -2.11. The van der Waals surface area contributed by atoms with Gasteiger partial charge >= 0.3 is 0 Å². The fourth-order valence-corrected chi connectivity index (χ4v) is 4.15. The Balaban J connectivity index is 1.69. The van der Waals surface area contributed by atoms with Crippen molar-refractivity contribution in [1.29, 1.82) is 0 Å². The van der Waals surface area contributed by atoms with E-state index in [4.69, 9.17) is 9.56 Å². The molecule has 0 aliphatic heterocycles. The monoisotopic (exact) mass is 360 g/mol. The molecule has 1 aliphatic carbocycles. The van der Waals surface area contributed by atoms with Crippen molar-refractivity contribution in [2.24, 2.45) is 10.6 Å². The number of hydrogen-bond acceptors (Lipinski definition) is 4. The van der Waals surface area contributed by atoms with Gasteiger partial charge in [-0.05, 0) is 35.2 Å². The van der Waals surface area contributed by atoms with Crippen LogP contribution in [0.25, 0.3) is 11.1 Å². The van der Waals surface area contributed by atoms with E-state index in [0.717, 1.165) is 5.56 Å². The molecule has 1 heterocycles. The van der Waals surface area contributed by atoms with Crippen molar-refractivity contribution in [2.45, 2.75) is 30.6 Å². The molecule has 25 heavy (non-hydrogen) atoms. The van der Waals surface area contributed by atoms with Crippen molar-refractivity contribution < 1.29 is 17.2 Å². The zero-order valence-corrected chi connectivity index (χ0v) is 14.5. The van der Waals surface area contributed by atoms with Crippen LogP contribution in [0.1, 0.15) is 37.1 Å². The highest BCUT2D eigenvalue weighted by atomic mass is 32.2. The van der Waals surface area contributed by atoms with E-state index in [1.807, 2.05) is 0 Å². The molecule has 1 fully saturated rings. The van der Waals surface area contributed by atoms with Gasteiger partial charge in [-0.3, -0.25) is 0 Å². The second-order valence-corrected chi connectivity index (χ2v) is 8.62. The maximum atomic E-state index is 13.3. The molecule has 1 aromatic heterocycles. The van der Waals surface area contributed by atoms with Crippen molar-refractivity contribution in [1.82, 2.24) is 4.98 Å². The maximum Gasteiger partial charge on any atom is 0.238 e. The number of halogens is 1. The van der Waals surface area contributed by atoms with Crippen LogP contribution < -0.4 is 5.14 Å². The number of benzene rings is 2. The topological polar surface area (TPSA) is 86.2 Å². The Bertz CT molecular complexity index is 1070. The summed E-state index contributed by atoms with van der Waals surface area (Å²) < 4.78 is 41.9. The number of primary sulfonamides is 1. The summed E-state index contributed by atoms with van der Waals surface area (Å²) in [5.41, 5.74) is 1.96. The first kappa shape index (κ1) is 16.2. The first-order valence-corrected chi connectivity index (χ1v) is 9.41. The summed E-state index contributed by atoms with van der Waals surface area (Å²) in [6, 6.07) is 10.9. The lowest BCUT2D eigenvalue weighted by molar-refractivity contribution is 0.492. The van der Waals surface area contributed by atoms with E-state index >= 15 is 0 Å². The van der Waals surface area contributed by atoms with Crippen molar-refractivity contribution in [3.63, 3.8) is 0 Å². The SMILES string of the molecule is CC1(C)C(c2ccc(S(N)(=O)=O)cc2)C1c1nc2ccc(F)cc2o1. The van der Waals surface area contributed by atoms with Gasteiger partial charge in [0.25, 0.3) is 0 Å². The third-order valence-corrected chi connectivity index (χ3v) is 5.96. The van der Waals surface area contributed by atoms with Crippen LogP contribution in [0, 0.1) is 11.2 Å². The van der Waals surface area contributed by atoms with Gasteiger partial charge in [0.05, 0.1) is 4.90 Å². The average Bonchev–Trinajstić information content (AvgIpc) is 2.89. The standard InChI is InChI=1S/C18H17FN2O3S/c1-18(2)15(10-3-6-12(7-4-10)25(20,22)23)16(18)17-21-13-8-5-11(19)9-14(13)24-17/h3-9,15-16H,1-2H3,(H2,20,22,23). The van der Waals surface area contributed by atoms with E-state index in [0.29, 0.717) is 17.0 Å². The molecule has 7 heteroatoms. The third kappa shape index (κ3) is 2.63. The number of hydrogen-bond donors (Lipinski definition) is 1. The number of fused-ring (bicyclic) bond motifs is 1. The Morgan fingerprint density at radius 2 is 1.80 bits per heavy atom. The summed E-state index contributed by atoms with van der Waals surface area (Å²) in [5.74, 6) is 0.398. The first-order chi connectivity index (χ1) is 11.7. The normalized spacial score (nSPS) is 22.2. The van der Waals surface area contributed by atoms with Crippen LogP contribution in [0.4, 0.5) is 4.39 Å². The number of nitrogens with zero attached hydrogens (tertiary/aromatic N) is 1. The Morgan fingerprint density at radius 3 is 2.44 bits per heavy atom. The quantitative estimate of drug-likeness (QED) is 0.774. The molecular formula is C18H17FN2O3S. The Kier molecular flexibility index (Phi) is 3.33. The molecular weight excluding hydrogens is 343 g/mol. The van der Waals surface area contributed by atoms with Crippen LogP contribution in [-0.4, -0.2) is 13.4 Å². The van der Waals surface area contributed by atoms with Crippen LogP contribution >= 0.6 is 0 Å². The predicted molar refractivity (Wildman–Crippen MR) is 91.0 cm³/mol. The van der Waals surface area contributed by atoms with E-state index < -0.39 is 10.0 Å². The smallest absolute Gasteiger partial charge is 0.238 e. The third-order valence-electron chi connectivity index (χ3n) is 5.03. The molecule has 2 atom stereocenters. The molecule has 0 amide bonds. The molecule has 4 rings (SSSR count). The van der Waals surface area contributed by atoms with E-state index in [2.05, 4.69) is 18.8 Å². The highest BCUT2D eigenvalue weighted by Crippen LogP contribution is 2.69. The zero-order chi connectivity index (χ0) is 18.0. The number of oxazole rings is 1. The van der Waals surface area contributed by atoms with Gasteiger partial charge in [0.15, 0.2) is 11.5 Å². The average molecular weight is 360 g/mol. The van der Waals surface area contributed by atoms with Crippen LogP contribution in [0.3, 0.4) is 0 Å². The van der Waals surface area contributed by atoms with E-state index in [-0.39, 0.29) is 28.0 Å².